The second-order valence-electron chi connectivity index (χ2n) is 4.05. The van der Waals surface area contributed by atoms with Crippen molar-refractivity contribution in [3.63, 3.8) is 0 Å². The minimum absolute atomic E-state index is 0.0761. The normalized spacial score (nSPS) is 12.0. The average molecular weight is 297 g/mol. The second kappa shape index (κ2) is 8.44. The number of ether oxygens (including phenoxy) is 1. The first-order valence-electron chi connectivity index (χ1n) is 6.09. The van der Waals surface area contributed by atoms with E-state index in [0.717, 1.165) is 30.9 Å². The van der Waals surface area contributed by atoms with E-state index in [1.165, 1.54) is 11.3 Å². The molecule has 0 aromatic carbocycles. The largest absolute Gasteiger partial charge is 0.389 e. The minimum Gasteiger partial charge on any atom is -0.383 e. The number of nitrogens with one attached hydrogen (secondary N) is 1. The molecular formula is C11H18F3N3OS. The monoisotopic (exact) mass is 297 g/mol. The molecule has 0 atom stereocenters. The first-order valence-corrected chi connectivity index (χ1v) is 6.90. The molecule has 19 heavy (non-hydrogen) atoms. The van der Waals surface area contributed by atoms with Gasteiger partial charge in [0, 0.05) is 32.9 Å². The van der Waals surface area contributed by atoms with Crippen LogP contribution in [-0.4, -0.2) is 43.2 Å². The smallest absolute Gasteiger partial charge is 0.383 e. The van der Waals surface area contributed by atoms with Crippen LogP contribution >= 0.6 is 11.3 Å². The lowest BCUT2D eigenvalue weighted by atomic mass is 10.3. The molecule has 0 aliphatic heterocycles. The molecule has 8 heteroatoms. The standard InChI is InChI=1S/C11H18F3N3OS/c1-18-8-7-15-6-2-3-9-16-17-10(19-9)4-5-11(12,13)14/h15H,2-8H2,1H3. The zero-order valence-electron chi connectivity index (χ0n) is 10.8. The van der Waals surface area contributed by atoms with Gasteiger partial charge >= 0.3 is 6.18 Å². The van der Waals surface area contributed by atoms with Gasteiger partial charge in [-0.1, -0.05) is 0 Å². The van der Waals surface area contributed by atoms with Crippen molar-refractivity contribution in [1.82, 2.24) is 15.5 Å². The van der Waals surface area contributed by atoms with Gasteiger partial charge in [-0.15, -0.1) is 21.5 Å². The number of methoxy groups -OCH3 is 1. The predicted molar refractivity (Wildman–Crippen MR) is 67.4 cm³/mol. The van der Waals surface area contributed by atoms with Crippen LogP contribution in [0.1, 0.15) is 22.9 Å². The Balaban J connectivity index is 2.16. The van der Waals surface area contributed by atoms with Crippen LogP contribution in [0.15, 0.2) is 0 Å². The highest BCUT2D eigenvalue weighted by molar-refractivity contribution is 7.11. The van der Waals surface area contributed by atoms with Gasteiger partial charge in [-0.3, -0.25) is 0 Å². The maximum absolute atomic E-state index is 12.0. The topological polar surface area (TPSA) is 47.0 Å². The van der Waals surface area contributed by atoms with Crippen LogP contribution in [0.2, 0.25) is 0 Å². The number of nitrogens with zero attached hydrogens (tertiary/aromatic N) is 2. The number of halogens is 3. The molecule has 0 bridgehead atoms. The Morgan fingerprint density at radius 2 is 1.84 bits per heavy atom. The SMILES string of the molecule is COCCNCCCc1nnc(CCC(F)(F)F)s1. The number of aryl methyl sites for hydroxylation is 2. The fourth-order valence-electron chi connectivity index (χ4n) is 1.40. The van der Waals surface area contributed by atoms with Gasteiger partial charge in [0.25, 0.3) is 0 Å². The Hall–Kier alpha value is -0.730. The highest BCUT2D eigenvalue weighted by Gasteiger charge is 2.27. The summed E-state index contributed by atoms with van der Waals surface area (Å²) in [5.41, 5.74) is 0. The zero-order chi connectivity index (χ0) is 14.1. The molecule has 0 fully saturated rings. The van der Waals surface area contributed by atoms with Crippen LogP contribution < -0.4 is 5.32 Å². The molecule has 1 aromatic heterocycles. The van der Waals surface area contributed by atoms with Crippen LogP contribution in [0.4, 0.5) is 13.2 Å². The van der Waals surface area contributed by atoms with Gasteiger partial charge < -0.3 is 10.1 Å². The number of rotatable bonds is 9. The molecule has 4 nitrogen and oxygen atoms in total. The molecule has 0 saturated carbocycles. The summed E-state index contributed by atoms with van der Waals surface area (Å²) in [6, 6.07) is 0. The molecule has 1 heterocycles. The van der Waals surface area contributed by atoms with Gasteiger partial charge in [-0.2, -0.15) is 13.2 Å². The van der Waals surface area contributed by atoms with Crippen molar-refractivity contribution < 1.29 is 17.9 Å². The fraction of sp³-hybridized carbons (Fsp3) is 0.818. The Morgan fingerprint density at radius 1 is 1.16 bits per heavy atom. The van der Waals surface area contributed by atoms with E-state index in [0.29, 0.717) is 11.6 Å². The van der Waals surface area contributed by atoms with E-state index in [-0.39, 0.29) is 6.42 Å². The van der Waals surface area contributed by atoms with E-state index in [2.05, 4.69) is 15.5 Å². The third kappa shape index (κ3) is 8.12. The highest BCUT2D eigenvalue weighted by atomic mass is 32.1. The molecule has 110 valence electrons. The molecule has 0 unspecified atom stereocenters. The highest BCUT2D eigenvalue weighted by Crippen LogP contribution is 2.23. The van der Waals surface area contributed by atoms with Crippen molar-refractivity contribution in [1.29, 1.82) is 0 Å². The second-order valence-corrected chi connectivity index (χ2v) is 5.20. The number of alkyl halides is 3. The van der Waals surface area contributed by atoms with Crippen molar-refractivity contribution in [2.24, 2.45) is 0 Å². The first kappa shape index (κ1) is 16.3. The summed E-state index contributed by atoms with van der Waals surface area (Å²) in [6.45, 7) is 2.30. The van der Waals surface area contributed by atoms with Gasteiger partial charge in [0.05, 0.1) is 6.61 Å². The Labute approximate surface area is 114 Å². The molecule has 0 spiro atoms. The molecule has 1 aromatic rings. The van der Waals surface area contributed by atoms with Gasteiger partial charge in [-0.25, -0.2) is 0 Å². The first-order chi connectivity index (χ1) is 9.01. The maximum Gasteiger partial charge on any atom is 0.389 e. The van der Waals surface area contributed by atoms with Gasteiger partial charge in [0.2, 0.25) is 0 Å². The lowest BCUT2D eigenvalue weighted by Gasteiger charge is -2.02. The van der Waals surface area contributed by atoms with E-state index in [4.69, 9.17) is 4.74 Å². The van der Waals surface area contributed by atoms with E-state index < -0.39 is 12.6 Å². The van der Waals surface area contributed by atoms with Crippen LogP contribution in [0.25, 0.3) is 0 Å². The Bertz CT molecular complexity index is 357. The van der Waals surface area contributed by atoms with Gasteiger partial charge in [-0.05, 0) is 13.0 Å². The predicted octanol–water partition coefficient (Wildman–Crippen LogP) is 2.20. The molecule has 1 rings (SSSR count). The summed E-state index contributed by atoms with van der Waals surface area (Å²) in [4.78, 5) is 0. The summed E-state index contributed by atoms with van der Waals surface area (Å²) in [5, 5.41) is 12.1. The molecule has 0 radical (unpaired) electrons. The molecule has 1 N–H and O–H groups in total. The summed E-state index contributed by atoms with van der Waals surface area (Å²) in [7, 11) is 1.64. The van der Waals surface area contributed by atoms with Crippen molar-refractivity contribution in [3.05, 3.63) is 10.0 Å². The number of hydrogen-bond acceptors (Lipinski definition) is 5. The third-order valence-corrected chi connectivity index (χ3v) is 3.40. The van der Waals surface area contributed by atoms with E-state index in [1.807, 2.05) is 0 Å². The lowest BCUT2D eigenvalue weighted by molar-refractivity contribution is -0.134. The Kier molecular flexibility index (Phi) is 7.25. The summed E-state index contributed by atoms with van der Waals surface area (Å²) < 4.78 is 41.0. The van der Waals surface area contributed by atoms with Crippen LogP contribution in [0, 0.1) is 0 Å². The molecule has 0 aliphatic rings. The van der Waals surface area contributed by atoms with Crippen LogP contribution in [-0.2, 0) is 17.6 Å². The van der Waals surface area contributed by atoms with Crippen molar-refractivity contribution in [2.45, 2.75) is 31.9 Å². The zero-order valence-corrected chi connectivity index (χ0v) is 11.6. The van der Waals surface area contributed by atoms with Crippen molar-refractivity contribution >= 4 is 11.3 Å². The van der Waals surface area contributed by atoms with E-state index in [9.17, 15) is 13.2 Å². The van der Waals surface area contributed by atoms with Gasteiger partial charge in [0.1, 0.15) is 10.0 Å². The molecule has 0 saturated heterocycles. The quantitative estimate of drug-likeness (QED) is 0.710. The number of hydrogen-bond donors (Lipinski definition) is 1. The van der Waals surface area contributed by atoms with E-state index >= 15 is 0 Å². The summed E-state index contributed by atoms with van der Waals surface area (Å²) in [6.07, 6.45) is -3.41. The number of aromatic nitrogens is 2. The fourth-order valence-corrected chi connectivity index (χ4v) is 2.29. The minimum atomic E-state index is -4.13. The van der Waals surface area contributed by atoms with Crippen LogP contribution in [0.5, 0.6) is 0 Å². The summed E-state index contributed by atoms with van der Waals surface area (Å²) in [5.74, 6) is 0. The maximum atomic E-state index is 12.0. The van der Waals surface area contributed by atoms with Crippen molar-refractivity contribution in [2.75, 3.05) is 26.8 Å². The summed E-state index contributed by atoms with van der Waals surface area (Å²) >= 11 is 1.27. The Morgan fingerprint density at radius 3 is 2.47 bits per heavy atom. The average Bonchev–Trinajstić information content (AvgIpc) is 2.78. The molecule has 0 aliphatic carbocycles. The third-order valence-electron chi connectivity index (χ3n) is 2.36. The van der Waals surface area contributed by atoms with Crippen molar-refractivity contribution in [3.8, 4) is 0 Å². The lowest BCUT2D eigenvalue weighted by Crippen LogP contribution is -2.20. The van der Waals surface area contributed by atoms with Crippen LogP contribution in [0.3, 0.4) is 0 Å². The molecular weight excluding hydrogens is 279 g/mol. The van der Waals surface area contributed by atoms with E-state index in [1.54, 1.807) is 7.11 Å². The molecule has 0 amide bonds. The van der Waals surface area contributed by atoms with Gasteiger partial charge in [0.15, 0.2) is 0 Å².